The smallest absolute Gasteiger partial charge is 0.410 e. The summed E-state index contributed by atoms with van der Waals surface area (Å²) in [6.45, 7) is 14.6. The lowest BCUT2D eigenvalue weighted by molar-refractivity contribution is -0.0251. The van der Waals surface area contributed by atoms with Gasteiger partial charge in [-0.2, -0.15) is 0 Å². The highest BCUT2D eigenvalue weighted by Gasteiger charge is 2.36. The third kappa shape index (κ3) is 7.35. The fourth-order valence-corrected chi connectivity index (χ4v) is 4.56. The van der Waals surface area contributed by atoms with E-state index in [2.05, 4.69) is 13.2 Å². The van der Waals surface area contributed by atoms with Gasteiger partial charge in [-0.3, -0.25) is 0 Å². The first kappa shape index (κ1) is 28.3. The van der Waals surface area contributed by atoms with Crippen molar-refractivity contribution in [3.8, 4) is 5.75 Å². The largest absolute Gasteiger partial charge is 0.494 e. The quantitative estimate of drug-likeness (QED) is 0.204. The van der Waals surface area contributed by atoms with Crippen LogP contribution >= 0.6 is 0 Å². The van der Waals surface area contributed by atoms with Crippen molar-refractivity contribution in [1.82, 2.24) is 4.90 Å². The van der Waals surface area contributed by atoms with Gasteiger partial charge in [-0.25, -0.2) is 9.59 Å². The van der Waals surface area contributed by atoms with Gasteiger partial charge in [0.25, 0.3) is 0 Å². The Morgan fingerprint density at radius 1 is 1.11 bits per heavy atom. The Bertz CT molecular complexity index is 1120. The van der Waals surface area contributed by atoms with Gasteiger partial charge in [0.05, 0.1) is 38.0 Å². The van der Waals surface area contributed by atoms with E-state index in [9.17, 15) is 9.59 Å². The molecule has 1 aliphatic heterocycles. The average Bonchev–Trinajstić information content (AvgIpc) is 2.87. The molecule has 1 amide bonds. The Kier molecular flexibility index (Phi) is 9.75. The number of fused-ring (bicyclic) bond motifs is 1. The van der Waals surface area contributed by atoms with Crippen molar-refractivity contribution in [3.63, 3.8) is 0 Å². The monoisotopic (exact) mass is 509 g/mol. The molecule has 37 heavy (non-hydrogen) atoms. The standard InChI is InChI=1S/C30H39NO6/c1-7-9-10-18-36-21-11-12-23-25(28(32)34-6)14-13-24(26(23)19-21)27-20-22(35-17-8-2)15-16-31(27)29(33)37-30(3,4)5/h7-8,11-14,19,22,27H,1-2,9-10,15-18,20H2,3-6H3. The third-order valence-corrected chi connectivity index (χ3v) is 6.24. The maximum absolute atomic E-state index is 13.3. The van der Waals surface area contributed by atoms with Crippen molar-refractivity contribution in [2.24, 2.45) is 0 Å². The minimum Gasteiger partial charge on any atom is -0.494 e. The van der Waals surface area contributed by atoms with Crippen molar-refractivity contribution in [2.45, 2.75) is 64.2 Å². The zero-order valence-corrected chi connectivity index (χ0v) is 22.5. The van der Waals surface area contributed by atoms with E-state index < -0.39 is 11.6 Å². The summed E-state index contributed by atoms with van der Waals surface area (Å²) in [4.78, 5) is 27.6. The van der Waals surface area contributed by atoms with Crippen LogP contribution in [0, 0.1) is 0 Å². The van der Waals surface area contributed by atoms with E-state index >= 15 is 0 Å². The van der Waals surface area contributed by atoms with Gasteiger partial charge in [0.1, 0.15) is 11.4 Å². The number of carbonyl (C=O) groups is 2. The molecule has 2 aromatic carbocycles. The molecular formula is C30H39NO6. The molecule has 7 heteroatoms. The highest BCUT2D eigenvalue weighted by molar-refractivity contribution is 6.06. The minimum absolute atomic E-state index is 0.0460. The van der Waals surface area contributed by atoms with E-state index in [1.807, 2.05) is 51.1 Å². The molecule has 2 aromatic rings. The van der Waals surface area contributed by atoms with Gasteiger partial charge >= 0.3 is 12.1 Å². The normalized spacial score (nSPS) is 17.8. The molecule has 0 radical (unpaired) electrons. The second-order valence-electron chi connectivity index (χ2n) is 10.1. The number of nitrogens with zero attached hydrogens (tertiary/aromatic N) is 1. The van der Waals surface area contributed by atoms with E-state index in [0.717, 1.165) is 29.2 Å². The summed E-state index contributed by atoms with van der Waals surface area (Å²) in [5, 5.41) is 1.56. The van der Waals surface area contributed by atoms with Gasteiger partial charge in [0, 0.05) is 6.54 Å². The van der Waals surface area contributed by atoms with Crippen LogP contribution < -0.4 is 4.74 Å². The van der Waals surface area contributed by atoms with Crippen molar-refractivity contribution < 1.29 is 28.5 Å². The van der Waals surface area contributed by atoms with E-state index in [-0.39, 0.29) is 18.2 Å². The first-order valence-electron chi connectivity index (χ1n) is 12.8. The fourth-order valence-electron chi connectivity index (χ4n) is 4.56. The molecule has 0 bridgehead atoms. The zero-order valence-electron chi connectivity index (χ0n) is 22.5. The predicted octanol–water partition coefficient (Wildman–Crippen LogP) is 6.61. The van der Waals surface area contributed by atoms with E-state index in [4.69, 9.17) is 18.9 Å². The maximum Gasteiger partial charge on any atom is 0.410 e. The SMILES string of the molecule is C=CCCCOc1ccc2c(C(=O)OC)ccc(C3CC(OCC=C)CCN3C(=O)OC(C)(C)C)c2c1. The highest BCUT2D eigenvalue weighted by atomic mass is 16.6. The van der Waals surface area contributed by atoms with Crippen LogP contribution in [0.3, 0.4) is 0 Å². The summed E-state index contributed by atoms with van der Waals surface area (Å²) in [6.07, 6.45) is 6.18. The molecule has 2 unspecified atom stereocenters. The Labute approximate surface area is 220 Å². The number of rotatable bonds is 10. The number of unbranched alkanes of at least 4 members (excludes halogenated alkanes) is 1. The molecule has 0 aliphatic carbocycles. The molecule has 0 aromatic heterocycles. The third-order valence-electron chi connectivity index (χ3n) is 6.24. The van der Waals surface area contributed by atoms with E-state index in [0.29, 0.717) is 43.9 Å². The number of ether oxygens (including phenoxy) is 4. The Morgan fingerprint density at radius 2 is 1.89 bits per heavy atom. The van der Waals surface area contributed by atoms with Crippen molar-refractivity contribution >= 4 is 22.8 Å². The molecule has 1 aliphatic rings. The number of likely N-dealkylation sites (tertiary alicyclic amines) is 1. The molecule has 0 N–H and O–H groups in total. The van der Waals surface area contributed by atoms with Crippen LogP contribution in [0.2, 0.25) is 0 Å². The second kappa shape index (κ2) is 12.8. The Balaban J connectivity index is 2.08. The number of methoxy groups -OCH3 is 1. The predicted molar refractivity (Wildman–Crippen MR) is 145 cm³/mol. The number of hydrogen-bond donors (Lipinski definition) is 0. The Morgan fingerprint density at radius 3 is 2.57 bits per heavy atom. The summed E-state index contributed by atoms with van der Waals surface area (Å²) < 4.78 is 22.8. The molecule has 1 fully saturated rings. The maximum atomic E-state index is 13.3. The molecule has 2 atom stereocenters. The highest BCUT2D eigenvalue weighted by Crippen LogP contribution is 2.39. The molecular weight excluding hydrogens is 470 g/mol. The van der Waals surface area contributed by atoms with Crippen LogP contribution in [0.1, 0.15) is 68.4 Å². The number of hydrogen-bond acceptors (Lipinski definition) is 6. The lowest BCUT2D eigenvalue weighted by atomic mass is 9.88. The average molecular weight is 510 g/mol. The summed E-state index contributed by atoms with van der Waals surface area (Å²) in [5.74, 6) is 0.273. The number of carbonyl (C=O) groups excluding carboxylic acids is 2. The molecule has 7 nitrogen and oxygen atoms in total. The molecule has 3 rings (SSSR count). The lowest BCUT2D eigenvalue weighted by Gasteiger charge is -2.40. The second-order valence-corrected chi connectivity index (χ2v) is 10.1. The number of benzene rings is 2. The summed E-state index contributed by atoms with van der Waals surface area (Å²) in [6, 6.07) is 9.01. The van der Waals surface area contributed by atoms with Crippen molar-refractivity contribution in [3.05, 3.63) is 66.8 Å². The lowest BCUT2D eigenvalue weighted by Crippen LogP contribution is -2.45. The van der Waals surface area contributed by atoms with E-state index in [1.165, 1.54) is 7.11 Å². The number of piperidine rings is 1. The van der Waals surface area contributed by atoms with Gasteiger partial charge in [-0.1, -0.05) is 18.2 Å². The molecule has 1 saturated heterocycles. The van der Waals surface area contributed by atoms with Crippen molar-refractivity contribution in [2.75, 3.05) is 26.9 Å². The van der Waals surface area contributed by atoms with Gasteiger partial charge in [0.2, 0.25) is 0 Å². The van der Waals surface area contributed by atoms with Gasteiger partial charge in [0.15, 0.2) is 0 Å². The number of allylic oxidation sites excluding steroid dienone is 1. The molecule has 1 heterocycles. The van der Waals surface area contributed by atoms with E-state index in [1.54, 1.807) is 17.0 Å². The summed E-state index contributed by atoms with van der Waals surface area (Å²) in [5.41, 5.74) is 0.733. The van der Waals surface area contributed by atoms with Crippen LogP contribution in [-0.4, -0.2) is 55.5 Å². The number of amides is 1. The molecule has 0 spiro atoms. The molecule has 0 saturated carbocycles. The molecule has 200 valence electrons. The van der Waals surface area contributed by atoms with Crippen LogP contribution in [-0.2, 0) is 14.2 Å². The van der Waals surface area contributed by atoms with Gasteiger partial charge < -0.3 is 23.8 Å². The van der Waals surface area contributed by atoms with Gasteiger partial charge in [-0.05, 0) is 87.1 Å². The van der Waals surface area contributed by atoms with Crippen LogP contribution in [0.15, 0.2) is 55.6 Å². The van der Waals surface area contributed by atoms with Crippen LogP contribution in [0.5, 0.6) is 5.75 Å². The zero-order chi connectivity index (χ0) is 27.0. The van der Waals surface area contributed by atoms with Crippen molar-refractivity contribution in [1.29, 1.82) is 0 Å². The fraction of sp³-hybridized carbons (Fsp3) is 0.467. The Hall–Kier alpha value is -3.32. The summed E-state index contributed by atoms with van der Waals surface area (Å²) >= 11 is 0. The topological polar surface area (TPSA) is 74.3 Å². The van der Waals surface area contributed by atoms with Crippen LogP contribution in [0.4, 0.5) is 4.79 Å². The minimum atomic E-state index is -0.624. The van der Waals surface area contributed by atoms with Gasteiger partial charge in [-0.15, -0.1) is 13.2 Å². The first-order chi connectivity index (χ1) is 17.7. The van der Waals surface area contributed by atoms with Crippen LogP contribution in [0.25, 0.3) is 10.8 Å². The number of esters is 1. The first-order valence-corrected chi connectivity index (χ1v) is 12.8. The summed E-state index contributed by atoms with van der Waals surface area (Å²) in [7, 11) is 1.37.